The number of hydrogen-bond acceptors (Lipinski definition) is 1. The van der Waals surface area contributed by atoms with Crippen LogP contribution in [0.15, 0.2) is 42.5 Å². The van der Waals surface area contributed by atoms with Gasteiger partial charge < -0.3 is 0 Å². The van der Waals surface area contributed by atoms with Crippen molar-refractivity contribution in [3.63, 3.8) is 0 Å². The molecule has 1 nitrogen and oxygen atoms in total. The van der Waals surface area contributed by atoms with Crippen LogP contribution in [0, 0.1) is 0 Å². The van der Waals surface area contributed by atoms with Crippen molar-refractivity contribution in [2.75, 3.05) is 0 Å². The standard InChI is InChI=1S/C13H7Cl2N/c14-8-5-6-10-12(7-8)16-11-4-2-1-3-9(11)13(10)15/h1-7H. The van der Waals surface area contributed by atoms with E-state index in [1.807, 2.05) is 42.5 Å². The maximum Gasteiger partial charge on any atom is 0.0739 e. The van der Waals surface area contributed by atoms with Crippen LogP contribution in [0.3, 0.4) is 0 Å². The van der Waals surface area contributed by atoms with Crippen LogP contribution in [0.2, 0.25) is 10.0 Å². The monoisotopic (exact) mass is 247 g/mol. The fourth-order valence-electron chi connectivity index (χ4n) is 1.81. The van der Waals surface area contributed by atoms with E-state index in [-0.39, 0.29) is 0 Å². The summed E-state index contributed by atoms with van der Waals surface area (Å²) in [5.74, 6) is 0. The Morgan fingerprint density at radius 2 is 1.56 bits per heavy atom. The van der Waals surface area contributed by atoms with Gasteiger partial charge in [-0.25, -0.2) is 4.98 Å². The normalized spacial score (nSPS) is 11.1. The molecule has 0 spiro atoms. The van der Waals surface area contributed by atoms with Crippen molar-refractivity contribution in [2.24, 2.45) is 0 Å². The second-order valence-electron chi connectivity index (χ2n) is 3.60. The van der Waals surface area contributed by atoms with Crippen molar-refractivity contribution in [2.45, 2.75) is 0 Å². The molecule has 1 heterocycles. The second kappa shape index (κ2) is 3.62. The molecule has 3 aromatic rings. The number of fused-ring (bicyclic) bond motifs is 2. The van der Waals surface area contributed by atoms with Crippen molar-refractivity contribution in [3.05, 3.63) is 52.5 Å². The molecule has 0 amide bonds. The highest BCUT2D eigenvalue weighted by Gasteiger charge is 2.06. The summed E-state index contributed by atoms with van der Waals surface area (Å²) >= 11 is 12.3. The summed E-state index contributed by atoms with van der Waals surface area (Å²) in [6, 6.07) is 13.4. The van der Waals surface area contributed by atoms with Gasteiger partial charge in [-0.05, 0) is 24.3 Å². The third-order valence-electron chi connectivity index (χ3n) is 2.58. The SMILES string of the molecule is Clc1ccc2c(Cl)c3ccccc3nc2c1. The number of halogens is 2. The summed E-state index contributed by atoms with van der Waals surface area (Å²) in [6.45, 7) is 0. The van der Waals surface area contributed by atoms with E-state index >= 15 is 0 Å². The summed E-state index contributed by atoms with van der Waals surface area (Å²) in [6.07, 6.45) is 0. The molecule has 0 unspecified atom stereocenters. The average Bonchev–Trinajstić information content (AvgIpc) is 2.29. The number of para-hydroxylation sites is 1. The van der Waals surface area contributed by atoms with Crippen LogP contribution in [-0.2, 0) is 0 Å². The van der Waals surface area contributed by atoms with Crippen molar-refractivity contribution >= 4 is 45.0 Å². The van der Waals surface area contributed by atoms with Crippen molar-refractivity contribution in [1.82, 2.24) is 4.98 Å². The Balaban J connectivity index is 2.55. The molecule has 0 saturated heterocycles. The minimum absolute atomic E-state index is 0.673. The largest absolute Gasteiger partial charge is 0.248 e. The summed E-state index contributed by atoms with van der Waals surface area (Å²) in [5.41, 5.74) is 1.72. The van der Waals surface area contributed by atoms with Crippen LogP contribution in [0.1, 0.15) is 0 Å². The number of aromatic nitrogens is 1. The lowest BCUT2D eigenvalue weighted by molar-refractivity contribution is 1.50. The highest BCUT2D eigenvalue weighted by molar-refractivity contribution is 6.40. The van der Waals surface area contributed by atoms with Crippen molar-refractivity contribution < 1.29 is 0 Å². The van der Waals surface area contributed by atoms with Crippen LogP contribution < -0.4 is 0 Å². The number of nitrogens with zero attached hydrogens (tertiary/aromatic N) is 1. The van der Waals surface area contributed by atoms with Gasteiger partial charge in [-0.3, -0.25) is 0 Å². The van der Waals surface area contributed by atoms with Gasteiger partial charge in [0.25, 0.3) is 0 Å². The van der Waals surface area contributed by atoms with E-state index in [1.54, 1.807) is 0 Å². The molecule has 16 heavy (non-hydrogen) atoms. The van der Waals surface area contributed by atoms with Gasteiger partial charge in [0.05, 0.1) is 16.1 Å². The van der Waals surface area contributed by atoms with Gasteiger partial charge in [0.1, 0.15) is 0 Å². The highest BCUT2D eigenvalue weighted by Crippen LogP contribution is 2.31. The number of rotatable bonds is 0. The molecule has 0 aliphatic rings. The van der Waals surface area contributed by atoms with Crippen molar-refractivity contribution in [3.8, 4) is 0 Å². The van der Waals surface area contributed by atoms with Gasteiger partial charge in [-0.15, -0.1) is 0 Å². The van der Waals surface area contributed by atoms with Crippen LogP contribution in [0.4, 0.5) is 0 Å². The molecule has 3 rings (SSSR count). The molecule has 0 fully saturated rings. The lowest BCUT2D eigenvalue weighted by atomic mass is 10.1. The molecule has 0 saturated carbocycles. The Morgan fingerprint density at radius 1 is 0.812 bits per heavy atom. The highest BCUT2D eigenvalue weighted by atomic mass is 35.5. The number of benzene rings is 2. The van der Waals surface area contributed by atoms with E-state index in [0.717, 1.165) is 26.8 Å². The molecule has 78 valence electrons. The molecule has 0 radical (unpaired) electrons. The van der Waals surface area contributed by atoms with Crippen molar-refractivity contribution in [1.29, 1.82) is 0 Å². The predicted molar refractivity (Wildman–Crippen MR) is 69.3 cm³/mol. The van der Waals surface area contributed by atoms with Crippen LogP contribution in [0.25, 0.3) is 21.8 Å². The number of hydrogen-bond donors (Lipinski definition) is 0. The molecule has 2 aromatic carbocycles. The molecule has 0 aliphatic heterocycles. The fraction of sp³-hybridized carbons (Fsp3) is 0. The lowest BCUT2D eigenvalue weighted by Crippen LogP contribution is -1.84. The van der Waals surface area contributed by atoms with E-state index in [4.69, 9.17) is 23.2 Å². The van der Waals surface area contributed by atoms with Crippen LogP contribution >= 0.6 is 23.2 Å². The van der Waals surface area contributed by atoms with E-state index in [9.17, 15) is 0 Å². The Kier molecular flexibility index (Phi) is 2.23. The summed E-state index contributed by atoms with van der Waals surface area (Å²) in [4.78, 5) is 4.53. The first-order chi connectivity index (χ1) is 7.75. The Bertz CT molecular complexity index is 692. The van der Waals surface area contributed by atoms with E-state index in [0.29, 0.717) is 5.02 Å². The Hall–Kier alpha value is -1.31. The molecule has 1 aromatic heterocycles. The van der Waals surface area contributed by atoms with Gasteiger partial charge in [0.2, 0.25) is 0 Å². The smallest absolute Gasteiger partial charge is 0.0739 e. The maximum atomic E-state index is 6.34. The first-order valence-corrected chi connectivity index (χ1v) is 5.65. The maximum absolute atomic E-state index is 6.34. The van der Waals surface area contributed by atoms with Gasteiger partial charge >= 0.3 is 0 Å². The summed E-state index contributed by atoms with van der Waals surface area (Å²) in [5, 5.41) is 3.31. The zero-order valence-corrected chi connectivity index (χ0v) is 9.76. The van der Waals surface area contributed by atoms with Gasteiger partial charge in [-0.2, -0.15) is 0 Å². The van der Waals surface area contributed by atoms with Crippen LogP contribution in [0.5, 0.6) is 0 Å². The molecular formula is C13H7Cl2N. The van der Waals surface area contributed by atoms with Gasteiger partial charge in [0.15, 0.2) is 0 Å². The van der Waals surface area contributed by atoms with E-state index in [2.05, 4.69) is 4.98 Å². The fourth-order valence-corrected chi connectivity index (χ4v) is 2.30. The first kappa shape index (κ1) is 9.88. The molecule has 0 bridgehead atoms. The molecule has 0 N–H and O–H groups in total. The topological polar surface area (TPSA) is 12.9 Å². The van der Waals surface area contributed by atoms with Gasteiger partial charge in [-0.1, -0.05) is 41.4 Å². The van der Waals surface area contributed by atoms with Crippen LogP contribution in [-0.4, -0.2) is 4.98 Å². The summed E-state index contributed by atoms with van der Waals surface area (Å²) < 4.78 is 0. The Morgan fingerprint density at radius 3 is 2.44 bits per heavy atom. The zero-order chi connectivity index (χ0) is 11.1. The average molecular weight is 248 g/mol. The Labute approximate surface area is 103 Å². The predicted octanol–water partition coefficient (Wildman–Crippen LogP) is 4.69. The van der Waals surface area contributed by atoms with E-state index < -0.39 is 0 Å². The molecule has 3 heteroatoms. The minimum Gasteiger partial charge on any atom is -0.248 e. The minimum atomic E-state index is 0.673. The van der Waals surface area contributed by atoms with E-state index in [1.165, 1.54) is 0 Å². The lowest BCUT2D eigenvalue weighted by Gasteiger charge is -2.05. The second-order valence-corrected chi connectivity index (χ2v) is 4.42. The molecule has 0 aliphatic carbocycles. The third-order valence-corrected chi connectivity index (χ3v) is 3.22. The zero-order valence-electron chi connectivity index (χ0n) is 8.24. The molecule has 0 atom stereocenters. The molecular weight excluding hydrogens is 241 g/mol. The summed E-state index contributed by atoms with van der Waals surface area (Å²) in [7, 11) is 0. The number of pyridine rings is 1. The third kappa shape index (κ3) is 1.44. The van der Waals surface area contributed by atoms with Gasteiger partial charge in [0, 0.05) is 15.8 Å². The first-order valence-electron chi connectivity index (χ1n) is 4.89. The quantitative estimate of drug-likeness (QED) is 0.525.